The van der Waals surface area contributed by atoms with Crippen molar-refractivity contribution in [3.63, 3.8) is 0 Å². The lowest BCUT2D eigenvalue weighted by molar-refractivity contribution is -0.137. The van der Waals surface area contributed by atoms with Gasteiger partial charge >= 0.3 is 6.18 Å². The Hall–Kier alpha value is -3.07. The number of amides is 2. The van der Waals surface area contributed by atoms with Gasteiger partial charge < -0.3 is 16.0 Å². The number of alkyl halides is 3. The van der Waals surface area contributed by atoms with Crippen molar-refractivity contribution < 1.29 is 22.8 Å². The molecule has 5 rings (SSSR count). The highest BCUT2D eigenvalue weighted by Crippen LogP contribution is 2.39. The summed E-state index contributed by atoms with van der Waals surface area (Å²) >= 11 is 0. The first-order chi connectivity index (χ1) is 17.5. The molecule has 0 bridgehead atoms. The Kier molecular flexibility index (Phi) is 6.68. The smallest absolute Gasteiger partial charge is 0.380 e. The molecule has 2 heterocycles. The van der Waals surface area contributed by atoms with Gasteiger partial charge in [-0.25, -0.2) is 0 Å². The molecule has 0 unspecified atom stereocenters. The highest BCUT2D eigenvalue weighted by Gasteiger charge is 2.38. The van der Waals surface area contributed by atoms with Gasteiger partial charge in [-0.05, 0) is 88.5 Å². The van der Waals surface area contributed by atoms with Gasteiger partial charge in [-0.3, -0.25) is 14.5 Å². The van der Waals surface area contributed by atoms with Crippen LogP contribution in [-0.4, -0.2) is 41.9 Å². The van der Waals surface area contributed by atoms with Gasteiger partial charge in [0.15, 0.2) is 0 Å². The Morgan fingerprint density at radius 1 is 1.03 bits per heavy atom. The van der Waals surface area contributed by atoms with E-state index in [-0.39, 0.29) is 29.2 Å². The second-order valence-corrected chi connectivity index (χ2v) is 10.9. The minimum Gasteiger partial charge on any atom is -0.380 e. The first-order valence-electron chi connectivity index (χ1n) is 13.0. The van der Waals surface area contributed by atoms with Crippen LogP contribution in [0.5, 0.6) is 0 Å². The topological polar surface area (TPSA) is 73.5 Å². The molecule has 2 atom stereocenters. The number of likely N-dealkylation sites (tertiary alicyclic amines) is 1. The summed E-state index contributed by atoms with van der Waals surface area (Å²) in [7, 11) is 0. The number of anilines is 3. The normalized spacial score (nSPS) is 23.4. The minimum atomic E-state index is -4.52. The minimum absolute atomic E-state index is 0.0284. The molecule has 3 aliphatic rings. The summed E-state index contributed by atoms with van der Waals surface area (Å²) in [6, 6.07) is 8.64. The van der Waals surface area contributed by atoms with Crippen molar-refractivity contribution in [2.24, 2.45) is 0 Å². The van der Waals surface area contributed by atoms with Crippen LogP contribution in [0.15, 0.2) is 36.4 Å². The maximum absolute atomic E-state index is 13.6. The Balaban J connectivity index is 1.42. The van der Waals surface area contributed by atoms with Gasteiger partial charge in [-0.1, -0.05) is 18.9 Å². The number of halogens is 3. The molecular formula is C28H33F3N4O2. The maximum atomic E-state index is 13.6. The summed E-state index contributed by atoms with van der Waals surface area (Å²) in [5, 5.41) is 8.99. The van der Waals surface area contributed by atoms with Crippen molar-refractivity contribution in [1.29, 1.82) is 0 Å². The first-order valence-corrected chi connectivity index (χ1v) is 13.0. The maximum Gasteiger partial charge on any atom is 0.416 e. The van der Waals surface area contributed by atoms with E-state index >= 15 is 0 Å². The zero-order valence-electron chi connectivity index (χ0n) is 21.2. The van der Waals surface area contributed by atoms with E-state index in [9.17, 15) is 22.8 Å². The molecule has 3 N–H and O–H groups in total. The molecule has 6 nitrogen and oxygen atoms in total. The monoisotopic (exact) mass is 514 g/mol. The van der Waals surface area contributed by atoms with Crippen LogP contribution in [0.2, 0.25) is 0 Å². The number of benzene rings is 2. The van der Waals surface area contributed by atoms with E-state index in [1.54, 1.807) is 18.2 Å². The molecule has 0 spiro atoms. The molecule has 2 amide bonds. The zero-order chi connectivity index (χ0) is 26.4. The molecule has 2 aliphatic heterocycles. The van der Waals surface area contributed by atoms with E-state index in [1.165, 1.54) is 6.07 Å². The van der Waals surface area contributed by atoms with Crippen molar-refractivity contribution in [2.75, 3.05) is 29.0 Å². The van der Waals surface area contributed by atoms with Crippen molar-refractivity contribution >= 4 is 28.9 Å². The number of rotatable bonds is 5. The quantitative estimate of drug-likeness (QED) is 0.457. The van der Waals surface area contributed by atoms with Crippen LogP contribution in [0.4, 0.5) is 30.2 Å². The zero-order valence-corrected chi connectivity index (χ0v) is 21.2. The van der Waals surface area contributed by atoms with Crippen LogP contribution in [0, 0.1) is 0 Å². The Morgan fingerprint density at radius 2 is 1.76 bits per heavy atom. The summed E-state index contributed by atoms with van der Waals surface area (Å²) < 4.78 is 40.8. The van der Waals surface area contributed by atoms with E-state index in [1.807, 2.05) is 13.8 Å². The fourth-order valence-corrected chi connectivity index (χ4v) is 5.90. The molecule has 2 aromatic rings. The summed E-state index contributed by atoms with van der Waals surface area (Å²) in [6.07, 6.45) is 1.70. The lowest BCUT2D eigenvalue weighted by Crippen LogP contribution is -2.47. The third-order valence-electron chi connectivity index (χ3n) is 8.04. The van der Waals surface area contributed by atoms with Crippen LogP contribution in [0.25, 0.3) is 0 Å². The Bertz CT molecular complexity index is 1200. The van der Waals surface area contributed by atoms with Crippen LogP contribution >= 0.6 is 0 Å². The Labute approximate surface area is 215 Å². The average molecular weight is 515 g/mol. The van der Waals surface area contributed by atoms with Gasteiger partial charge in [-0.2, -0.15) is 13.2 Å². The van der Waals surface area contributed by atoms with Gasteiger partial charge in [0.2, 0.25) is 5.91 Å². The predicted octanol–water partition coefficient (Wildman–Crippen LogP) is 6.01. The molecule has 9 heteroatoms. The number of nitrogens with zero attached hydrogens (tertiary/aromatic N) is 1. The highest BCUT2D eigenvalue weighted by molar-refractivity contribution is 6.10. The van der Waals surface area contributed by atoms with Crippen molar-refractivity contribution in [3.8, 4) is 0 Å². The number of carbonyl (C=O) groups is 2. The number of fused-ring (bicyclic) bond motifs is 1. The van der Waals surface area contributed by atoms with E-state index < -0.39 is 23.1 Å². The fraction of sp³-hybridized carbons (Fsp3) is 0.500. The van der Waals surface area contributed by atoms with Crippen molar-refractivity contribution in [3.05, 3.63) is 53.1 Å². The second-order valence-electron chi connectivity index (χ2n) is 10.9. The second kappa shape index (κ2) is 9.67. The number of carbonyl (C=O) groups excluding carboxylic acids is 2. The number of hydrogen-bond donors (Lipinski definition) is 3. The lowest BCUT2D eigenvalue weighted by Gasteiger charge is -2.39. The SMILES string of the molecule is CC1(C)C(=O)Nc2cc(NC(=O)c3ccc(C(F)(F)F)cc3N[C@@H]3CCCC[C@H]3N3CCCC3)ccc21. The summed E-state index contributed by atoms with van der Waals surface area (Å²) in [5.41, 5.74) is 0.797. The highest BCUT2D eigenvalue weighted by atomic mass is 19.4. The van der Waals surface area contributed by atoms with Gasteiger partial charge in [0, 0.05) is 29.1 Å². The van der Waals surface area contributed by atoms with E-state index in [4.69, 9.17) is 0 Å². The molecule has 2 fully saturated rings. The third kappa shape index (κ3) is 5.06. The summed E-state index contributed by atoms with van der Waals surface area (Å²) in [5.74, 6) is -0.631. The first kappa shape index (κ1) is 25.6. The van der Waals surface area contributed by atoms with Gasteiger partial charge in [-0.15, -0.1) is 0 Å². The van der Waals surface area contributed by atoms with Gasteiger partial charge in [0.05, 0.1) is 16.5 Å². The molecule has 1 aliphatic carbocycles. The van der Waals surface area contributed by atoms with E-state index in [0.717, 1.165) is 69.3 Å². The fourth-order valence-electron chi connectivity index (χ4n) is 5.90. The summed E-state index contributed by atoms with van der Waals surface area (Å²) in [6.45, 7) is 5.66. The molecule has 198 valence electrons. The standard InChI is InChI=1S/C28H33F3N4O2/c1-27(2)20-12-10-18(16-23(20)34-26(27)37)32-25(36)19-11-9-17(28(29,30)31)15-22(19)33-21-7-3-4-8-24(21)35-13-5-6-14-35/h9-12,15-16,21,24,33H,3-8,13-14H2,1-2H3,(H,32,36)(H,34,37)/t21-,24-/m1/s1. The average Bonchev–Trinajstić information content (AvgIpc) is 3.45. The number of nitrogens with one attached hydrogen (secondary N) is 3. The molecular weight excluding hydrogens is 481 g/mol. The lowest BCUT2D eigenvalue weighted by atomic mass is 9.86. The van der Waals surface area contributed by atoms with Crippen molar-refractivity contribution in [2.45, 2.75) is 76.0 Å². The Morgan fingerprint density at radius 3 is 2.49 bits per heavy atom. The van der Waals surface area contributed by atoms with Gasteiger partial charge in [0.25, 0.3) is 5.91 Å². The van der Waals surface area contributed by atoms with Crippen LogP contribution in [0.3, 0.4) is 0 Å². The van der Waals surface area contributed by atoms with Crippen LogP contribution < -0.4 is 16.0 Å². The van der Waals surface area contributed by atoms with Crippen LogP contribution in [0.1, 0.15) is 73.9 Å². The molecule has 1 saturated heterocycles. The van der Waals surface area contributed by atoms with Crippen LogP contribution in [-0.2, 0) is 16.4 Å². The third-order valence-corrected chi connectivity index (χ3v) is 8.04. The number of hydrogen-bond acceptors (Lipinski definition) is 4. The van der Waals surface area contributed by atoms with E-state index in [0.29, 0.717) is 11.4 Å². The predicted molar refractivity (Wildman–Crippen MR) is 138 cm³/mol. The molecule has 2 aromatic carbocycles. The largest absolute Gasteiger partial charge is 0.416 e. The molecule has 37 heavy (non-hydrogen) atoms. The molecule has 1 saturated carbocycles. The molecule has 0 aromatic heterocycles. The van der Waals surface area contributed by atoms with Crippen molar-refractivity contribution in [1.82, 2.24) is 4.90 Å². The van der Waals surface area contributed by atoms with Gasteiger partial charge in [0.1, 0.15) is 0 Å². The molecule has 0 radical (unpaired) electrons. The van der Waals surface area contributed by atoms with E-state index in [2.05, 4.69) is 20.9 Å². The summed E-state index contributed by atoms with van der Waals surface area (Å²) in [4.78, 5) is 28.0.